The van der Waals surface area contributed by atoms with Crippen molar-refractivity contribution in [3.63, 3.8) is 0 Å². The number of hydrogen-bond donors (Lipinski definition) is 1. The van der Waals surface area contributed by atoms with Crippen molar-refractivity contribution in [2.24, 2.45) is 5.10 Å². The third-order valence-corrected chi connectivity index (χ3v) is 3.01. The van der Waals surface area contributed by atoms with Crippen LogP contribution in [0.15, 0.2) is 47.7 Å². The lowest BCUT2D eigenvalue weighted by molar-refractivity contribution is 0.0954. The number of nitrogens with zero attached hydrogens (tertiary/aromatic N) is 2. The summed E-state index contributed by atoms with van der Waals surface area (Å²) in [7, 11) is 1.62. The van der Waals surface area contributed by atoms with Crippen LogP contribution in [0.2, 0.25) is 0 Å². The summed E-state index contributed by atoms with van der Waals surface area (Å²) in [5, 5.41) is 4.10. The second kappa shape index (κ2) is 6.65. The monoisotopic (exact) mass is 283 g/mol. The van der Waals surface area contributed by atoms with Gasteiger partial charge in [0.25, 0.3) is 5.91 Å². The van der Waals surface area contributed by atoms with Crippen molar-refractivity contribution in [2.45, 2.75) is 13.8 Å². The molecule has 0 spiro atoms. The van der Waals surface area contributed by atoms with E-state index in [-0.39, 0.29) is 5.91 Å². The first-order valence-corrected chi connectivity index (χ1v) is 6.52. The van der Waals surface area contributed by atoms with Gasteiger partial charge in [-0.2, -0.15) is 5.10 Å². The first kappa shape index (κ1) is 14.7. The number of benzene rings is 1. The molecule has 0 atom stereocenters. The predicted molar refractivity (Wildman–Crippen MR) is 81.6 cm³/mol. The lowest BCUT2D eigenvalue weighted by atomic mass is 10.1. The smallest absolute Gasteiger partial charge is 0.272 e. The quantitative estimate of drug-likeness (QED) is 0.693. The van der Waals surface area contributed by atoms with Crippen LogP contribution in [-0.4, -0.2) is 23.7 Å². The summed E-state index contributed by atoms with van der Waals surface area (Å²) in [5.41, 5.74) is 5.50. The third kappa shape index (κ3) is 3.89. The Labute approximate surface area is 123 Å². The normalized spacial score (nSPS) is 11.1. The summed E-state index contributed by atoms with van der Waals surface area (Å²) in [6.07, 6.45) is 1.53. The van der Waals surface area contributed by atoms with Crippen molar-refractivity contribution >= 4 is 11.6 Å². The SMILES string of the molecule is COc1ccc(/C(C)=N/NC(=O)c2ccc(C)nc2)cc1. The van der Waals surface area contributed by atoms with Crippen molar-refractivity contribution in [3.8, 4) is 5.75 Å². The average Bonchev–Trinajstić information content (AvgIpc) is 2.53. The molecule has 5 nitrogen and oxygen atoms in total. The minimum atomic E-state index is -0.282. The number of nitrogens with one attached hydrogen (secondary N) is 1. The maximum absolute atomic E-state index is 11.9. The van der Waals surface area contributed by atoms with E-state index in [1.54, 1.807) is 19.2 Å². The number of methoxy groups -OCH3 is 1. The molecular weight excluding hydrogens is 266 g/mol. The van der Waals surface area contributed by atoms with Gasteiger partial charge in [0, 0.05) is 11.9 Å². The van der Waals surface area contributed by atoms with Crippen LogP contribution >= 0.6 is 0 Å². The molecule has 0 unspecified atom stereocenters. The molecule has 1 amide bonds. The first-order valence-electron chi connectivity index (χ1n) is 6.52. The fourth-order valence-corrected chi connectivity index (χ4v) is 1.70. The molecule has 1 aromatic heterocycles. The minimum Gasteiger partial charge on any atom is -0.497 e. The van der Waals surface area contributed by atoms with Crippen molar-refractivity contribution in [3.05, 3.63) is 59.4 Å². The fourth-order valence-electron chi connectivity index (χ4n) is 1.70. The standard InChI is InChI=1S/C16H17N3O2/c1-11-4-5-14(10-17-11)16(20)19-18-12(2)13-6-8-15(21-3)9-7-13/h4-10H,1-3H3,(H,19,20)/b18-12+. The second-order valence-electron chi connectivity index (χ2n) is 4.55. The van der Waals surface area contributed by atoms with Crippen LogP contribution in [0.4, 0.5) is 0 Å². The molecule has 0 fully saturated rings. The number of hydrogen-bond acceptors (Lipinski definition) is 4. The van der Waals surface area contributed by atoms with Gasteiger partial charge in [0.15, 0.2) is 0 Å². The molecule has 0 saturated heterocycles. The zero-order valence-electron chi connectivity index (χ0n) is 12.3. The van der Waals surface area contributed by atoms with Crippen molar-refractivity contribution < 1.29 is 9.53 Å². The average molecular weight is 283 g/mol. The van der Waals surface area contributed by atoms with Crippen molar-refractivity contribution in [1.82, 2.24) is 10.4 Å². The Bertz CT molecular complexity index is 646. The molecule has 1 aromatic carbocycles. The highest BCUT2D eigenvalue weighted by molar-refractivity contribution is 6.00. The molecule has 108 valence electrons. The van der Waals surface area contributed by atoms with Gasteiger partial charge < -0.3 is 4.74 Å². The van der Waals surface area contributed by atoms with E-state index < -0.39 is 0 Å². The van der Waals surface area contributed by atoms with Crippen molar-refractivity contribution in [2.75, 3.05) is 7.11 Å². The maximum atomic E-state index is 11.9. The number of rotatable bonds is 4. The zero-order valence-corrected chi connectivity index (χ0v) is 12.3. The highest BCUT2D eigenvalue weighted by Gasteiger charge is 2.05. The maximum Gasteiger partial charge on any atom is 0.272 e. The molecular formula is C16H17N3O2. The van der Waals surface area contributed by atoms with Crippen LogP contribution in [0.5, 0.6) is 5.75 Å². The molecule has 1 N–H and O–H groups in total. The Morgan fingerprint density at radius 3 is 2.38 bits per heavy atom. The van der Waals surface area contributed by atoms with E-state index in [9.17, 15) is 4.79 Å². The molecule has 0 saturated carbocycles. The van der Waals surface area contributed by atoms with E-state index in [0.717, 1.165) is 17.0 Å². The second-order valence-corrected chi connectivity index (χ2v) is 4.55. The summed E-state index contributed by atoms with van der Waals surface area (Å²) in [5.74, 6) is 0.497. The van der Waals surface area contributed by atoms with Gasteiger partial charge in [0.1, 0.15) is 5.75 Å². The molecule has 21 heavy (non-hydrogen) atoms. The van der Waals surface area contributed by atoms with E-state index in [1.165, 1.54) is 6.20 Å². The van der Waals surface area contributed by atoms with Crippen LogP contribution in [0.25, 0.3) is 0 Å². The summed E-state index contributed by atoms with van der Waals surface area (Å²) in [4.78, 5) is 16.0. The van der Waals surface area contributed by atoms with Gasteiger partial charge in [-0.25, -0.2) is 5.43 Å². The molecule has 0 aliphatic heterocycles. The van der Waals surface area contributed by atoms with Gasteiger partial charge in [-0.05, 0) is 55.8 Å². The van der Waals surface area contributed by atoms with Gasteiger partial charge in [0.05, 0.1) is 18.4 Å². The largest absolute Gasteiger partial charge is 0.497 e. The van der Waals surface area contributed by atoms with Gasteiger partial charge >= 0.3 is 0 Å². The van der Waals surface area contributed by atoms with Gasteiger partial charge in [-0.15, -0.1) is 0 Å². The zero-order chi connectivity index (χ0) is 15.2. The van der Waals surface area contributed by atoms with Crippen LogP contribution in [-0.2, 0) is 0 Å². The topological polar surface area (TPSA) is 63.6 Å². The van der Waals surface area contributed by atoms with E-state index in [1.807, 2.05) is 38.1 Å². The van der Waals surface area contributed by atoms with E-state index in [4.69, 9.17) is 4.74 Å². The summed E-state index contributed by atoms with van der Waals surface area (Å²) in [6, 6.07) is 11.0. The Morgan fingerprint density at radius 2 is 1.81 bits per heavy atom. The molecule has 1 heterocycles. The third-order valence-electron chi connectivity index (χ3n) is 3.01. The molecule has 2 aromatic rings. The number of pyridine rings is 1. The molecule has 0 bridgehead atoms. The molecule has 0 aliphatic rings. The fraction of sp³-hybridized carbons (Fsp3) is 0.188. The number of carbonyl (C=O) groups excluding carboxylic acids is 1. The molecule has 0 radical (unpaired) electrons. The van der Waals surface area contributed by atoms with Crippen LogP contribution < -0.4 is 10.2 Å². The number of amides is 1. The minimum absolute atomic E-state index is 0.282. The summed E-state index contributed by atoms with van der Waals surface area (Å²) >= 11 is 0. The summed E-state index contributed by atoms with van der Waals surface area (Å²) in [6.45, 7) is 3.70. The molecule has 2 rings (SSSR count). The number of hydrazone groups is 1. The Morgan fingerprint density at radius 1 is 1.14 bits per heavy atom. The lowest BCUT2D eigenvalue weighted by Crippen LogP contribution is -2.19. The Balaban J connectivity index is 2.05. The summed E-state index contributed by atoms with van der Waals surface area (Å²) < 4.78 is 5.10. The lowest BCUT2D eigenvalue weighted by Gasteiger charge is -2.04. The molecule has 5 heteroatoms. The number of carbonyl (C=O) groups is 1. The van der Waals surface area contributed by atoms with Crippen molar-refractivity contribution in [1.29, 1.82) is 0 Å². The molecule has 0 aliphatic carbocycles. The van der Waals surface area contributed by atoms with Gasteiger partial charge in [-0.3, -0.25) is 9.78 Å². The first-order chi connectivity index (χ1) is 10.1. The van der Waals surface area contributed by atoms with Crippen LogP contribution in [0.1, 0.15) is 28.5 Å². The van der Waals surface area contributed by atoms with E-state index >= 15 is 0 Å². The number of aromatic nitrogens is 1. The number of aryl methyl sites for hydroxylation is 1. The van der Waals surface area contributed by atoms with Gasteiger partial charge in [-0.1, -0.05) is 0 Å². The Kier molecular flexibility index (Phi) is 4.66. The predicted octanol–water partition coefficient (Wildman–Crippen LogP) is 2.55. The Hall–Kier alpha value is -2.69. The van der Waals surface area contributed by atoms with Crippen LogP contribution in [0, 0.1) is 6.92 Å². The highest BCUT2D eigenvalue weighted by Crippen LogP contribution is 2.11. The van der Waals surface area contributed by atoms with Crippen LogP contribution in [0.3, 0.4) is 0 Å². The highest BCUT2D eigenvalue weighted by atomic mass is 16.5. The van der Waals surface area contributed by atoms with Gasteiger partial charge in [0.2, 0.25) is 0 Å². The van der Waals surface area contributed by atoms with E-state index in [0.29, 0.717) is 11.3 Å². The number of ether oxygens (including phenoxy) is 1. The van der Waals surface area contributed by atoms with E-state index in [2.05, 4.69) is 15.5 Å².